The Morgan fingerprint density at radius 3 is 2.37 bits per heavy atom. The van der Waals surface area contributed by atoms with Crippen LogP contribution >= 0.6 is 0 Å². The molecule has 35 heavy (non-hydrogen) atoms. The molecule has 0 radical (unpaired) electrons. The van der Waals surface area contributed by atoms with Crippen LogP contribution in [0, 0.1) is 0 Å². The normalized spacial score (nSPS) is 12.4. The second-order valence-electron chi connectivity index (χ2n) is 7.52. The molecular formula is C19H29FN6O9. The lowest BCUT2D eigenvalue weighted by Gasteiger charge is -2.24. The Bertz CT molecular complexity index is 881. The summed E-state index contributed by atoms with van der Waals surface area (Å²) in [6.45, 7) is -0.381. The number of hydroxylamine groups is 2. The van der Waals surface area contributed by atoms with E-state index in [1.54, 1.807) is 0 Å². The van der Waals surface area contributed by atoms with Crippen molar-refractivity contribution in [2.75, 3.05) is 13.2 Å². The van der Waals surface area contributed by atoms with Gasteiger partial charge >= 0.3 is 23.9 Å². The summed E-state index contributed by atoms with van der Waals surface area (Å²) in [4.78, 5) is 57.2. The van der Waals surface area contributed by atoms with Gasteiger partial charge in [0.15, 0.2) is 6.04 Å². The lowest BCUT2D eigenvalue weighted by atomic mass is 10.1. The van der Waals surface area contributed by atoms with Gasteiger partial charge in [-0.25, -0.2) is 19.1 Å². The van der Waals surface area contributed by atoms with Crippen molar-refractivity contribution in [2.45, 2.75) is 63.6 Å². The number of alkyl halides is 1. The molecule has 15 nitrogen and oxygen atoms in total. The number of carboxylic acids is 3. The number of hydrogen-bond donors (Lipinski definition) is 6. The number of carbonyl (C=O) groups excluding carboxylic acids is 2. The number of carboxylic acid groups (broad SMARTS) is 3. The van der Waals surface area contributed by atoms with Crippen molar-refractivity contribution in [2.24, 2.45) is 0 Å². The third-order valence-corrected chi connectivity index (χ3v) is 4.72. The van der Waals surface area contributed by atoms with E-state index in [0.717, 1.165) is 0 Å². The fraction of sp³-hybridized carbons (Fsp3) is 0.632. The number of amides is 3. The van der Waals surface area contributed by atoms with E-state index in [1.165, 1.54) is 10.9 Å². The Morgan fingerprint density at radius 2 is 1.77 bits per heavy atom. The maximum atomic E-state index is 12.2. The molecule has 1 unspecified atom stereocenters. The van der Waals surface area contributed by atoms with E-state index < -0.39 is 55.5 Å². The number of aliphatic carboxylic acids is 3. The van der Waals surface area contributed by atoms with Crippen LogP contribution in [0.2, 0.25) is 0 Å². The molecule has 0 aliphatic rings. The molecule has 0 bridgehead atoms. The number of rotatable bonds is 17. The summed E-state index contributed by atoms with van der Waals surface area (Å²) in [6, 6.07) is -4.73. The van der Waals surface area contributed by atoms with Crippen molar-refractivity contribution in [1.29, 1.82) is 0 Å². The first-order chi connectivity index (χ1) is 16.5. The first-order valence-corrected chi connectivity index (χ1v) is 10.7. The molecule has 16 heteroatoms. The molecule has 0 saturated heterocycles. The van der Waals surface area contributed by atoms with Crippen LogP contribution in [0.3, 0.4) is 0 Å². The summed E-state index contributed by atoms with van der Waals surface area (Å²) in [5.74, 6) is -4.79. The van der Waals surface area contributed by atoms with Gasteiger partial charge in [-0.2, -0.15) is 5.06 Å². The van der Waals surface area contributed by atoms with E-state index in [9.17, 15) is 38.7 Å². The van der Waals surface area contributed by atoms with Gasteiger partial charge in [0, 0.05) is 19.2 Å². The average Bonchev–Trinajstić information content (AvgIpc) is 3.22. The van der Waals surface area contributed by atoms with Crippen LogP contribution in [0.25, 0.3) is 0 Å². The first-order valence-electron chi connectivity index (χ1n) is 10.7. The summed E-state index contributed by atoms with van der Waals surface area (Å²) in [6.07, 6.45) is 1.56. The molecule has 0 aromatic carbocycles. The zero-order chi connectivity index (χ0) is 26.4. The Kier molecular flexibility index (Phi) is 12.6. The van der Waals surface area contributed by atoms with Crippen LogP contribution in [0.1, 0.15) is 44.2 Å². The number of hydrogen-bond acceptors (Lipinski definition) is 8. The van der Waals surface area contributed by atoms with Gasteiger partial charge in [0.2, 0.25) is 5.91 Å². The fourth-order valence-corrected chi connectivity index (χ4v) is 2.91. The summed E-state index contributed by atoms with van der Waals surface area (Å²) >= 11 is 0. The molecule has 3 amide bonds. The predicted molar refractivity (Wildman–Crippen MR) is 113 cm³/mol. The van der Waals surface area contributed by atoms with Gasteiger partial charge in [-0.1, -0.05) is 5.21 Å². The van der Waals surface area contributed by atoms with Crippen molar-refractivity contribution in [3.63, 3.8) is 0 Å². The summed E-state index contributed by atoms with van der Waals surface area (Å²) in [5.41, 5.74) is 0.565. The molecule has 1 heterocycles. The molecule has 0 spiro atoms. The number of unbranched alkanes of at least 4 members (excludes halogenated alkanes) is 1. The topological polar surface area (TPSA) is 224 Å². The van der Waals surface area contributed by atoms with Gasteiger partial charge in [0.1, 0.15) is 12.6 Å². The SMILES string of the molecule is O=C(O)CCC(C(=O)O)N(O)C(=O)N[C@@H](CCCCNC(=O)Cn1cc(CCCF)nn1)C(=O)O. The highest BCUT2D eigenvalue weighted by atomic mass is 19.1. The van der Waals surface area contributed by atoms with Crippen LogP contribution in [0.15, 0.2) is 6.20 Å². The minimum atomic E-state index is -1.87. The summed E-state index contributed by atoms with van der Waals surface area (Å²) in [5, 5.41) is 48.8. The van der Waals surface area contributed by atoms with Gasteiger partial charge in [-0.05, 0) is 38.5 Å². The number of halogens is 1. The fourth-order valence-electron chi connectivity index (χ4n) is 2.91. The van der Waals surface area contributed by atoms with E-state index in [2.05, 4.69) is 15.6 Å². The molecular weight excluding hydrogens is 475 g/mol. The van der Waals surface area contributed by atoms with E-state index in [-0.39, 0.29) is 36.9 Å². The molecule has 6 N–H and O–H groups in total. The molecule has 0 saturated carbocycles. The largest absolute Gasteiger partial charge is 0.481 e. The zero-order valence-corrected chi connectivity index (χ0v) is 18.8. The maximum absolute atomic E-state index is 12.2. The Balaban J connectivity index is 2.42. The van der Waals surface area contributed by atoms with E-state index >= 15 is 0 Å². The number of nitrogens with zero attached hydrogens (tertiary/aromatic N) is 4. The summed E-state index contributed by atoms with van der Waals surface area (Å²) < 4.78 is 13.5. The van der Waals surface area contributed by atoms with E-state index in [1.807, 2.05) is 5.32 Å². The van der Waals surface area contributed by atoms with Crippen LogP contribution in [0.4, 0.5) is 9.18 Å². The van der Waals surface area contributed by atoms with Gasteiger partial charge < -0.3 is 26.0 Å². The second-order valence-corrected chi connectivity index (χ2v) is 7.52. The molecule has 196 valence electrons. The van der Waals surface area contributed by atoms with Crippen LogP contribution in [-0.2, 0) is 32.1 Å². The standard InChI is InChI=1S/C19H29FN6O9/c20-8-3-4-12-10-25(24-23-12)11-15(27)21-9-2-1-5-13(17(30)31)22-19(34)26(35)14(18(32)33)6-7-16(28)29/h10,13-14,35H,1-9,11H2,(H,21,27)(H,22,34)(H,28,29)(H,30,31)(H,32,33)/t13-,14?/m0/s1. The van der Waals surface area contributed by atoms with Crippen molar-refractivity contribution >= 4 is 29.8 Å². The van der Waals surface area contributed by atoms with Gasteiger partial charge in [0.05, 0.1) is 12.4 Å². The van der Waals surface area contributed by atoms with Gasteiger partial charge in [-0.3, -0.25) is 19.2 Å². The number of urea groups is 1. The second kappa shape index (κ2) is 15.2. The molecule has 0 aliphatic heterocycles. The molecule has 2 atom stereocenters. The minimum Gasteiger partial charge on any atom is -0.481 e. The molecule has 1 rings (SSSR count). The van der Waals surface area contributed by atoms with Crippen molar-refractivity contribution in [3.05, 3.63) is 11.9 Å². The summed E-state index contributed by atoms with van der Waals surface area (Å²) in [7, 11) is 0. The number of carbonyl (C=O) groups is 5. The minimum absolute atomic E-state index is 0.0847. The number of aryl methyl sites for hydroxylation is 1. The van der Waals surface area contributed by atoms with Gasteiger partial charge in [-0.15, -0.1) is 5.10 Å². The first kappa shape index (κ1) is 29.2. The monoisotopic (exact) mass is 504 g/mol. The molecule has 1 aromatic heterocycles. The lowest BCUT2D eigenvalue weighted by Crippen LogP contribution is -2.52. The maximum Gasteiger partial charge on any atom is 0.342 e. The molecule has 0 fully saturated rings. The smallest absolute Gasteiger partial charge is 0.342 e. The Morgan fingerprint density at radius 1 is 1.06 bits per heavy atom. The average molecular weight is 504 g/mol. The zero-order valence-electron chi connectivity index (χ0n) is 18.8. The third-order valence-electron chi connectivity index (χ3n) is 4.72. The highest BCUT2D eigenvalue weighted by Crippen LogP contribution is 2.08. The lowest BCUT2D eigenvalue weighted by molar-refractivity contribution is -0.158. The predicted octanol–water partition coefficient (Wildman–Crippen LogP) is -0.361. The van der Waals surface area contributed by atoms with Crippen molar-refractivity contribution in [1.82, 2.24) is 30.7 Å². The van der Waals surface area contributed by atoms with Crippen molar-refractivity contribution < 1.29 is 48.9 Å². The Hall–Kier alpha value is -3.82. The highest BCUT2D eigenvalue weighted by molar-refractivity contribution is 5.85. The number of nitrogens with one attached hydrogen (secondary N) is 2. The van der Waals surface area contributed by atoms with E-state index in [4.69, 9.17) is 10.2 Å². The molecule has 1 aromatic rings. The quantitative estimate of drug-likeness (QED) is 0.0912. The van der Waals surface area contributed by atoms with Crippen LogP contribution < -0.4 is 10.6 Å². The van der Waals surface area contributed by atoms with Gasteiger partial charge in [0.25, 0.3) is 0 Å². The van der Waals surface area contributed by atoms with Crippen LogP contribution in [-0.4, -0.2) is 95.7 Å². The molecule has 0 aliphatic carbocycles. The number of aromatic nitrogens is 3. The van der Waals surface area contributed by atoms with Crippen LogP contribution in [0.5, 0.6) is 0 Å². The van der Waals surface area contributed by atoms with E-state index in [0.29, 0.717) is 25.0 Å². The Labute approximate surface area is 198 Å². The van der Waals surface area contributed by atoms with Crippen molar-refractivity contribution in [3.8, 4) is 0 Å². The third kappa shape index (κ3) is 11.2. The highest BCUT2D eigenvalue weighted by Gasteiger charge is 2.31.